The number of aliphatic hydroxyl groups excluding tert-OH is 1. The van der Waals surface area contributed by atoms with E-state index in [0.717, 1.165) is 0 Å². The molecule has 0 aromatic carbocycles. The Balaban J connectivity index is 3.89. The van der Waals surface area contributed by atoms with E-state index < -0.39 is 5.97 Å². The Hall–Kier alpha value is -1.25. The van der Waals surface area contributed by atoms with Gasteiger partial charge < -0.3 is 9.84 Å². The topological polar surface area (TPSA) is 46.5 Å². The van der Waals surface area contributed by atoms with Crippen LogP contribution in [0.1, 0.15) is 13.3 Å². The molecule has 0 aliphatic carbocycles. The monoisotopic (exact) mass is 156 g/mol. The van der Waals surface area contributed by atoms with E-state index in [1.54, 1.807) is 13.0 Å². The summed E-state index contributed by atoms with van der Waals surface area (Å²) in [6.07, 6.45) is 3.39. The van der Waals surface area contributed by atoms with Crippen LogP contribution in [-0.2, 0) is 9.53 Å². The second-order valence-electron chi connectivity index (χ2n) is 1.83. The van der Waals surface area contributed by atoms with Crippen LogP contribution in [0.2, 0.25) is 0 Å². The van der Waals surface area contributed by atoms with E-state index in [1.165, 1.54) is 6.08 Å². The van der Waals surface area contributed by atoms with Crippen LogP contribution in [-0.4, -0.2) is 17.7 Å². The molecule has 3 nitrogen and oxygen atoms in total. The van der Waals surface area contributed by atoms with Crippen LogP contribution in [0.3, 0.4) is 0 Å². The minimum absolute atomic E-state index is 0.269. The summed E-state index contributed by atoms with van der Waals surface area (Å²) in [5.41, 5.74) is 0. The third-order valence-electron chi connectivity index (χ3n) is 0.962. The van der Waals surface area contributed by atoms with E-state index >= 15 is 0 Å². The van der Waals surface area contributed by atoms with Gasteiger partial charge in [0.25, 0.3) is 0 Å². The van der Waals surface area contributed by atoms with Crippen molar-refractivity contribution in [1.82, 2.24) is 0 Å². The molecule has 0 aromatic rings. The maximum atomic E-state index is 10.7. The fourth-order valence-corrected chi connectivity index (χ4v) is 0.483. The molecule has 0 saturated carbocycles. The van der Waals surface area contributed by atoms with Crippen molar-refractivity contribution < 1.29 is 14.6 Å². The molecule has 0 saturated heterocycles. The van der Waals surface area contributed by atoms with Gasteiger partial charge >= 0.3 is 5.97 Å². The number of carbonyl (C=O) groups excluding carboxylic acids is 1. The van der Waals surface area contributed by atoms with Gasteiger partial charge in [0, 0.05) is 0 Å². The fourth-order valence-electron chi connectivity index (χ4n) is 0.483. The second kappa shape index (κ2) is 5.53. The Bertz CT molecular complexity index is 170. The zero-order valence-corrected chi connectivity index (χ0v) is 6.54. The SMILES string of the molecule is C=CCC=C(O)C(=O)OCC. The zero-order valence-electron chi connectivity index (χ0n) is 6.54. The summed E-state index contributed by atoms with van der Waals surface area (Å²) in [7, 11) is 0. The summed E-state index contributed by atoms with van der Waals surface area (Å²) in [5, 5.41) is 8.92. The molecule has 3 heteroatoms. The first-order valence-corrected chi connectivity index (χ1v) is 3.39. The fraction of sp³-hybridized carbons (Fsp3) is 0.375. The van der Waals surface area contributed by atoms with Crippen LogP contribution in [0, 0.1) is 0 Å². The quantitative estimate of drug-likeness (QED) is 0.291. The van der Waals surface area contributed by atoms with E-state index in [-0.39, 0.29) is 12.4 Å². The number of carbonyl (C=O) groups is 1. The van der Waals surface area contributed by atoms with Gasteiger partial charge in [0.05, 0.1) is 6.61 Å². The van der Waals surface area contributed by atoms with Crippen molar-refractivity contribution in [3.63, 3.8) is 0 Å². The molecule has 0 amide bonds. The predicted molar refractivity (Wildman–Crippen MR) is 42.2 cm³/mol. The third kappa shape index (κ3) is 4.19. The van der Waals surface area contributed by atoms with Gasteiger partial charge in [0.15, 0.2) is 5.76 Å². The molecular formula is C8H12O3. The summed E-state index contributed by atoms with van der Waals surface area (Å²) in [6, 6.07) is 0. The second-order valence-corrected chi connectivity index (χ2v) is 1.83. The number of allylic oxidation sites excluding steroid dienone is 2. The smallest absolute Gasteiger partial charge is 0.373 e. The largest absolute Gasteiger partial charge is 0.502 e. The maximum Gasteiger partial charge on any atom is 0.373 e. The van der Waals surface area contributed by atoms with Crippen molar-refractivity contribution in [3.8, 4) is 0 Å². The maximum absolute atomic E-state index is 10.7. The van der Waals surface area contributed by atoms with Crippen LogP contribution < -0.4 is 0 Å². The van der Waals surface area contributed by atoms with Gasteiger partial charge in [-0.15, -0.1) is 6.58 Å². The summed E-state index contributed by atoms with van der Waals surface area (Å²) in [4.78, 5) is 10.7. The van der Waals surface area contributed by atoms with Crippen molar-refractivity contribution in [2.45, 2.75) is 13.3 Å². The van der Waals surface area contributed by atoms with Crippen molar-refractivity contribution in [3.05, 3.63) is 24.5 Å². The minimum Gasteiger partial charge on any atom is -0.502 e. The standard InChI is InChI=1S/C8H12O3/c1-3-5-6-7(9)8(10)11-4-2/h3,6,9H,1,4-5H2,2H3. The van der Waals surface area contributed by atoms with Gasteiger partial charge in [-0.3, -0.25) is 0 Å². The highest BCUT2D eigenvalue weighted by molar-refractivity contribution is 5.85. The van der Waals surface area contributed by atoms with Crippen molar-refractivity contribution in [2.75, 3.05) is 6.61 Å². The molecule has 62 valence electrons. The molecule has 11 heavy (non-hydrogen) atoms. The number of aliphatic hydroxyl groups is 1. The number of rotatable bonds is 4. The number of ether oxygens (including phenoxy) is 1. The Labute approximate surface area is 66.0 Å². The Morgan fingerprint density at radius 3 is 2.82 bits per heavy atom. The van der Waals surface area contributed by atoms with Gasteiger partial charge in [0.1, 0.15) is 0 Å². The first-order valence-electron chi connectivity index (χ1n) is 3.39. The molecule has 0 fully saturated rings. The molecule has 0 aliphatic rings. The number of hydrogen-bond donors (Lipinski definition) is 1. The normalized spacial score (nSPS) is 10.8. The Kier molecular flexibility index (Phi) is 4.90. The molecule has 1 N–H and O–H groups in total. The van der Waals surface area contributed by atoms with E-state index in [1.807, 2.05) is 0 Å². The van der Waals surface area contributed by atoms with Crippen LogP contribution in [0.5, 0.6) is 0 Å². The van der Waals surface area contributed by atoms with Gasteiger partial charge in [0.2, 0.25) is 0 Å². The predicted octanol–water partition coefficient (Wildman–Crippen LogP) is 1.57. The lowest BCUT2D eigenvalue weighted by Crippen LogP contribution is -2.06. The Morgan fingerprint density at radius 1 is 1.73 bits per heavy atom. The average Bonchev–Trinajstić information content (AvgIpc) is 2.00. The molecule has 0 heterocycles. The van der Waals surface area contributed by atoms with Crippen molar-refractivity contribution >= 4 is 5.97 Å². The van der Waals surface area contributed by atoms with Crippen LogP contribution in [0.15, 0.2) is 24.5 Å². The summed E-state index contributed by atoms with van der Waals surface area (Å²) < 4.78 is 4.51. The number of esters is 1. The summed E-state index contributed by atoms with van der Waals surface area (Å²) in [6.45, 7) is 5.38. The first-order chi connectivity index (χ1) is 5.22. The van der Waals surface area contributed by atoms with E-state index in [0.29, 0.717) is 6.42 Å². The van der Waals surface area contributed by atoms with E-state index in [2.05, 4.69) is 11.3 Å². The molecule has 0 spiro atoms. The lowest BCUT2D eigenvalue weighted by Gasteiger charge is -1.98. The van der Waals surface area contributed by atoms with Gasteiger partial charge in [-0.2, -0.15) is 0 Å². The number of hydrogen-bond acceptors (Lipinski definition) is 3. The highest BCUT2D eigenvalue weighted by Gasteiger charge is 2.05. The molecule has 0 rings (SSSR count). The molecule has 0 bridgehead atoms. The highest BCUT2D eigenvalue weighted by atomic mass is 16.5. The average molecular weight is 156 g/mol. The molecule has 0 radical (unpaired) electrons. The highest BCUT2D eigenvalue weighted by Crippen LogP contribution is 1.95. The van der Waals surface area contributed by atoms with Crippen molar-refractivity contribution in [2.24, 2.45) is 0 Å². The third-order valence-corrected chi connectivity index (χ3v) is 0.962. The Morgan fingerprint density at radius 2 is 2.36 bits per heavy atom. The van der Waals surface area contributed by atoms with E-state index in [9.17, 15) is 4.79 Å². The molecule has 0 aromatic heterocycles. The summed E-state index contributed by atoms with van der Waals surface area (Å²) >= 11 is 0. The van der Waals surface area contributed by atoms with Crippen molar-refractivity contribution in [1.29, 1.82) is 0 Å². The van der Waals surface area contributed by atoms with Gasteiger partial charge in [-0.05, 0) is 19.4 Å². The summed E-state index contributed by atoms with van der Waals surface area (Å²) in [5.74, 6) is -1.04. The van der Waals surface area contributed by atoms with Crippen LogP contribution >= 0.6 is 0 Å². The van der Waals surface area contributed by atoms with Crippen LogP contribution in [0.25, 0.3) is 0 Å². The lowest BCUT2D eigenvalue weighted by molar-refractivity contribution is -0.141. The van der Waals surface area contributed by atoms with E-state index in [4.69, 9.17) is 5.11 Å². The first kappa shape index (κ1) is 9.75. The van der Waals surface area contributed by atoms with Gasteiger partial charge in [-0.1, -0.05) is 6.08 Å². The molecular weight excluding hydrogens is 144 g/mol. The molecule has 0 atom stereocenters. The van der Waals surface area contributed by atoms with Crippen LogP contribution in [0.4, 0.5) is 0 Å². The zero-order chi connectivity index (χ0) is 8.69. The molecule has 0 unspecified atom stereocenters. The minimum atomic E-state index is -0.686. The van der Waals surface area contributed by atoms with Gasteiger partial charge in [-0.25, -0.2) is 4.79 Å². The lowest BCUT2D eigenvalue weighted by atomic mass is 10.3. The molecule has 0 aliphatic heterocycles.